The molecule has 2 aliphatic rings. The van der Waals surface area contributed by atoms with Gasteiger partial charge in [0, 0.05) is 24.5 Å². The van der Waals surface area contributed by atoms with Crippen LogP contribution in [0.5, 0.6) is 5.75 Å². The zero-order valence-corrected chi connectivity index (χ0v) is 17.7. The Labute approximate surface area is 180 Å². The van der Waals surface area contributed by atoms with Crippen molar-refractivity contribution in [3.8, 4) is 5.75 Å². The molecule has 0 radical (unpaired) electrons. The number of hydrogen-bond donors (Lipinski definition) is 0. The molecule has 0 N–H and O–H groups in total. The van der Waals surface area contributed by atoms with Gasteiger partial charge in [0.2, 0.25) is 0 Å². The average molecular weight is 418 g/mol. The Hall–Kier alpha value is -3.15. The van der Waals surface area contributed by atoms with Crippen LogP contribution in [0, 0.1) is 6.92 Å². The fourth-order valence-corrected chi connectivity index (χ4v) is 4.99. The number of aryl methyl sites for hydroxylation is 2. The lowest BCUT2D eigenvalue weighted by molar-refractivity contribution is -0.137. The number of likely N-dealkylation sites (tertiary alicyclic amines) is 1. The van der Waals surface area contributed by atoms with E-state index >= 15 is 0 Å². The van der Waals surface area contributed by atoms with Crippen molar-refractivity contribution in [1.29, 1.82) is 0 Å². The number of fused-ring (bicyclic) bond motifs is 3. The molecule has 1 aliphatic heterocycles. The molecule has 1 aromatic carbocycles. The summed E-state index contributed by atoms with van der Waals surface area (Å²) >= 11 is 0. The Bertz CT molecular complexity index is 1190. The number of rotatable bonds is 4. The number of carbonyl (C=O) groups is 1. The van der Waals surface area contributed by atoms with E-state index in [1.807, 2.05) is 42.3 Å². The third-order valence-electron chi connectivity index (χ3n) is 6.42. The van der Waals surface area contributed by atoms with Crippen molar-refractivity contribution in [3.05, 3.63) is 69.3 Å². The summed E-state index contributed by atoms with van der Waals surface area (Å²) in [5.74, 6) is 0.595. The maximum atomic E-state index is 13.2. The van der Waals surface area contributed by atoms with Crippen LogP contribution < -0.4 is 10.4 Å². The standard InChI is InChI=1S/C25H26N2O4/c1-16-12-21(24-18-7-4-8-19(18)25(29)31-22(24)13-16)30-15-23(28)27-11-3-2-9-20(27)17-6-5-10-26-14-17/h5-6,10,12-14,20H,2-4,7-9,11,15H2,1H3/t20-/m0/s1. The minimum atomic E-state index is -0.250. The lowest BCUT2D eigenvalue weighted by atomic mass is 9.96. The minimum Gasteiger partial charge on any atom is -0.483 e. The Balaban J connectivity index is 1.42. The predicted molar refractivity (Wildman–Crippen MR) is 117 cm³/mol. The third-order valence-corrected chi connectivity index (χ3v) is 6.42. The molecule has 3 heterocycles. The average Bonchev–Trinajstić information content (AvgIpc) is 3.28. The number of piperidine rings is 1. The SMILES string of the molecule is Cc1cc(OCC(=O)N2CCCC[C@H]2c2cccnc2)c2c3c(c(=O)oc2c1)CCC3. The van der Waals surface area contributed by atoms with Crippen LogP contribution in [0.25, 0.3) is 11.0 Å². The van der Waals surface area contributed by atoms with Gasteiger partial charge in [0.05, 0.1) is 11.4 Å². The molecule has 2 aromatic heterocycles. The van der Waals surface area contributed by atoms with Crippen molar-refractivity contribution in [3.63, 3.8) is 0 Å². The van der Waals surface area contributed by atoms with Gasteiger partial charge in [0.25, 0.3) is 5.91 Å². The highest BCUT2D eigenvalue weighted by Crippen LogP contribution is 2.35. The molecular formula is C25H26N2O4. The second kappa shape index (κ2) is 8.17. The fourth-order valence-electron chi connectivity index (χ4n) is 4.99. The monoisotopic (exact) mass is 418 g/mol. The molecule has 1 amide bonds. The smallest absolute Gasteiger partial charge is 0.339 e. The van der Waals surface area contributed by atoms with E-state index in [1.54, 1.807) is 6.20 Å². The summed E-state index contributed by atoms with van der Waals surface area (Å²) in [4.78, 5) is 31.6. The van der Waals surface area contributed by atoms with E-state index in [9.17, 15) is 9.59 Å². The summed E-state index contributed by atoms with van der Waals surface area (Å²) in [6.07, 6.45) is 9.13. The van der Waals surface area contributed by atoms with Crippen LogP contribution in [0.1, 0.15) is 54.0 Å². The van der Waals surface area contributed by atoms with Gasteiger partial charge < -0.3 is 14.1 Å². The van der Waals surface area contributed by atoms with Crippen LogP contribution in [-0.2, 0) is 17.6 Å². The van der Waals surface area contributed by atoms with E-state index in [1.165, 1.54) is 0 Å². The molecular weight excluding hydrogens is 392 g/mol. The van der Waals surface area contributed by atoms with Crippen molar-refractivity contribution in [2.24, 2.45) is 0 Å². The van der Waals surface area contributed by atoms with Crippen molar-refractivity contribution >= 4 is 16.9 Å². The molecule has 1 aliphatic carbocycles. The first-order chi connectivity index (χ1) is 15.1. The number of ether oxygens (including phenoxy) is 1. The predicted octanol–water partition coefficient (Wildman–Crippen LogP) is 4.12. The molecule has 160 valence electrons. The van der Waals surface area contributed by atoms with Crippen molar-refractivity contribution < 1.29 is 13.9 Å². The normalized spacial score (nSPS) is 18.2. The highest BCUT2D eigenvalue weighted by Gasteiger charge is 2.29. The number of benzene rings is 1. The molecule has 1 saturated heterocycles. The van der Waals surface area contributed by atoms with Crippen LogP contribution in [0.4, 0.5) is 0 Å². The lowest BCUT2D eigenvalue weighted by Crippen LogP contribution is -2.41. The van der Waals surface area contributed by atoms with Crippen molar-refractivity contribution in [1.82, 2.24) is 9.88 Å². The molecule has 5 rings (SSSR count). The molecule has 31 heavy (non-hydrogen) atoms. The quantitative estimate of drug-likeness (QED) is 0.596. The van der Waals surface area contributed by atoms with Gasteiger partial charge in [-0.05, 0) is 80.3 Å². The van der Waals surface area contributed by atoms with Gasteiger partial charge in [-0.25, -0.2) is 4.79 Å². The number of pyridine rings is 1. The summed E-state index contributed by atoms with van der Waals surface area (Å²) in [5.41, 5.74) is 4.05. The number of aromatic nitrogens is 1. The van der Waals surface area contributed by atoms with Crippen LogP contribution >= 0.6 is 0 Å². The van der Waals surface area contributed by atoms with Crippen LogP contribution in [0.15, 0.2) is 45.9 Å². The first-order valence-electron chi connectivity index (χ1n) is 11.0. The largest absolute Gasteiger partial charge is 0.483 e. The Morgan fingerprint density at radius 1 is 1.23 bits per heavy atom. The van der Waals surface area contributed by atoms with Crippen LogP contribution in [0.3, 0.4) is 0 Å². The highest BCUT2D eigenvalue weighted by molar-refractivity contribution is 5.89. The Kier molecular flexibility index (Phi) is 5.22. The summed E-state index contributed by atoms with van der Waals surface area (Å²) in [6.45, 7) is 2.62. The summed E-state index contributed by atoms with van der Waals surface area (Å²) in [6, 6.07) is 7.78. The number of amides is 1. The van der Waals surface area contributed by atoms with E-state index in [0.29, 0.717) is 11.3 Å². The van der Waals surface area contributed by atoms with Gasteiger partial charge in [-0.15, -0.1) is 0 Å². The van der Waals surface area contributed by atoms with E-state index in [0.717, 1.165) is 72.7 Å². The molecule has 1 atom stereocenters. The van der Waals surface area contributed by atoms with E-state index in [4.69, 9.17) is 9.15 Å². The molecule has 0 saturated carbocycles. The van der Waals surface area contributed by atoms with Gasteiger partial charge in [-0.3, -0.25) is 9.78 Å². The third kappa shape index (κ3) is 3.71. The van der Waals surface area contributed by atoms with Gasteiger partial charge in [-0.1, -0.05) is 6.07 Å². The van der Waals surface area contributed by atoms with Gasteiger partial charge >= 0.3 is 5.63 Å². The highest BCUT2D eigenvalue weighted by atomic mass is 16.5. The van der Waals surface area contributed by atoms with Gasteiger partial charge in [0.1, 0.15) is 11.3 Å². The summed E-state index contributed by atoms with van der Waals surface area (Å²) in [5, 5.41) is 0.841. The topological polar surface area (TPSA) is 72.6 Å². The van der Waals surface area contributed by atoms with Gasteiger partial charge in [0.15, 0.2) is 6.61 Å². The number of nitrogens with zero attached hydrogens (tertiary/aromatic N) is 2. The molecule has 6 heteroatoms. The maximum absolute atomic E-state index is 13.2. The molecule has 3 aromatic rings. The van der Waals surface area contributed by atoms with Crippen molar-refractivity contribution in [2.45, 2.75) is 51.5 Å². The minimum absolute atomic E-state index is 0.0303. The number of carbonyl (C=O) groups excluding carboxylic acids is 1. The van der Waals surface area contributed by atoms with E-state index in [-0.39, 0.29) is 24.2 Å². The summed E-state index contributed by atoms with van der Waals surface area (Å²) < 4.78 is 11.7. The lowest BCUT2D eigenvalue weighted by Gasteiger charge is -2.35. The summed E-state index contributed by atoms with van der Waals surface area (Å²) in [7, 11) is 0. The second-order valence-electron chi connectivity index (χ2n) is 8.51. The molecule has 0 bridgehead atoms. The van der Waals surface area contributed by atoms with Crippen LogP contribution in [-0.4, -0.2) is 28.9 Å². The molecule has 6 nitrogen and oxygen atoms in total. The molecule has 0 unspecified atom stereocenters. The molecule has 0 spiro atoms. The van der Waals surface area contributed by atoms with E-state index in [2.05, 4.69) is 4.98 Å². The Morgan fingerprint density at radius 3 is 2.94 bits per heavy atom. The maximum Gasteiger partial charge on any atom is 0.339 e. The fraction of sp³-hybridized carbons (Fsp3) is 0.400. The van der Waals surface area contributed by atoms with Crippen LogP contribution in [0.2, 0.25) is 0 Å². The first-order valence-corrected chi connectivity index (χ1v) is 11.0. The molecule has 1 fully saturated rings. The van der Waals surface area contributed by atoms with Crippen molar-refractivity contribution in [2.75, 3.05) is 13.2 Å². The first kappa shape index (κ1) is 19.8. The second-order valence-corrected chi connectivity index (χ2v) is 8.51. The Morgan fingerprint density at radius 2 is 2.10 bits per heavy atom. The zero-order chi connectivity index (χ0) is 21.4. The van der Waals surface area contributed by atoms with Gasteiger partial charge in [-0.2, -0.15) is 0 Å². The number of hydrogen-bond acceptors (Lipinski definition) is 5. The van der Waals surface area contributed by atoms with E-state index < -0.39 is 0 Å². The zero-order valence-electron chi connectivity index (χ0n) is 17.7.